The van der Waals surface area contributed by atoms with Crippen molar-refractivity contribution < 1.29 is 24.0 Å². The number of nitrogens with one attached hydrogen (secondary N) is 2. The molecule has 3 aromatic rings. The van der Waals surface area contributed by atoms with Crippen molar-refractivity contribution in [1.29, 1.82) is 0 Å². The minimum absolute atomic E-state index is 0.0206. The Labute approximate surface area is 216 Å². The fraction of sp³-hybridized carbons (Fsp3) is 0.276. The highest BCUT2D eigenvalue weighted by Gasteiger charge is 2.30. The molecule has 0 saturated carbocycles. The van der Waals surface area contributed by atoms with Crippen LogP contribution in [-0.4, -0.2) is 36.5 Å². The Bertz CT molecular complexity index is 1250. The molecule has 3 amide bonds. The van der Waals surface area contributed by atoms with E-state index >= 15 is 0 Å². The van der Waals surface area contributed by atoms with Crippen molar-refractivity contribution in [3.63, 3.8) is 0 Å². The van der Waals surface area contributed by atoms with Gasteiger partial charge in [-0.2, -0.15) is 0 Å². The smallest absolute Gasteiger partial charge is 0.262 e. The molecule has 0 spiro atoms. The van der Waals surface area contributed by atoms with Crippen molar-refractivity contribution in [3.8, 4) is 11.1 Å². The number of carbonyl (C=O) groups excluding carboxylic acids is 3. The van der Waals surface area contributed by atoms with Crippen LogP contribution < -0.4 is 16.5 Å². The molecule has 4 N–H and O–H groups in total. The van der Waals surface area contributed by atoms with Crippen molar-refractivity contribution in [2.45, 2.75) is 38.4 Å². The van der Waals surface area contributed by atoms with Gasteiger partial charge >= 0.3 is 0 Å². The molecule has 0 aliphatic heterocycles. The van der Waals surface area contributed by atoms with E-state index in [1.54, 1.807) is 45.0 Å². The largest absolute Gasteiger partial charge is 0.367 e. The SMILES string of the molecule is CC(C)(C)ONC(=O)CNC(=O)c1ccc(C(OCC2c3ccccc3-c3ccccc32)C(N)=O)cc1. The maximum absolute atomic E-state index is 12.4. The van der Waals surface area contributed by atoms with Gasteiger partial charge in [0.2, 0.25) is 0 Å². The molecule has 1 aliphatic carbocycles. The molecule has 0 aromatic heterocycles. The summed E-state index contributed by atoms with van der Waals surface area (Å²) in [6, 6.07) is 22.7. The van der Waals surface area contributed by atoms with Gasteiger partial charge in [0.25, 0.3) is 17.7 Å². The van der Waals surface area contributed by atoms with E-state index in [1.807, 2.05) is 24.3 Å². The molecule has 0 saturated heterocycles. The Hall–Kier alpha value is -4.01. The third-order valence-electron chi connectivity index (χ3n) is 6.01. The second-order valence-corrected chi connectivity index (χ2v) is 9.89. The molecular weight excluding hydrogens is 470 g/mol. The first-order chi connectivity index (χ1) is 17.6. The quantitative estimate of drug-likeness (QED) is 0.387. The number of primary amides is 1. The van der Waals surface area contributed by atoms with E-state index < -0.39 is 29.4 Å². The van der Waals surface area contributed by atoms with Crippen LogP contribution in [0.3, 0.4) is 0 Å². The first kappa shape index (κ1) is 26.1. The molecule has 3 aromatic carbocycles. The van der Waals surface area contributed by atoms with Crippen molar-refractivity contribution in [1.82, 2.24) is 10.8 Å². The summed E-state index contributed by atoms with van der Waals surface area (Å²) in [7, 11) is 0. The second-order valence-electron chi connectivity index (χ2n) is 9.89. The number of carbonyl (C=O) groups is 3. The number of ether oxygens (including phenoxy) is 1. The molecule has 37 heavy (non-hydrogen) atoms. The summed E-state index contributed by atoms with van der Waals surface area (Å²) < 4.78 is 6.08. The molecule has 0 fully saturated rings. The molecule has 0 heterocycles. The van der Waals surface area contributed by atoms with Crippen LogP contribution in [0.2, 0.25) is 0 Å². The lowest BCUT2D eigenvalue weighted by atomic mass is 9.98. The number of rotatable bonds is 9. The number of hydrogen-bond acceptors (Lipinski definition) is 5. The second kappa shape index (κ2) is 10.9. The van der Waals surface area contributed by atoms with E-state index in [1.165, 1.54) is 0 Å². The minimum atomic E-state index is -0.975. The Morgan fingerprint density at radius 1 is 0.892 bits per heavy atom. The molecule has 4 rings (SSSR count). The van der Waals surface area contributed by atoms with Gasteiger partial charge in [-0.1, -0.05) is 60.7 Å². The van der Waals surface area contributed by atoms with Gasteiger partial charge in [0, 0.05) is 11.5 Å². The third-order valence-corrected chi connectivity index (χ3v) is 6.01. The number of nitrogens with two attached hydrogens (primary N) is 1. The highest BCUT2D eigenvalue weighted by molar-refractivity contribution is 5.96. The van der Waals surface area contributed by atoms with Gasteiger partial charge in [-0.3, -0.25) is 19.2 Å². The number of benzene rings is 3. The molecule has 1 unspecified atom stereocenters. The van der Waals surface area contributed by atoms with Gasteiger partial charge in [0.05, 0.1) is 18.8 Å². The van der Waals surface area contributed by atoms with Crippen LogP contribution >= 0.6 is 0 Å². The summed E-state index contributed by atoms with van der Waals surface area (Å²) in [5.41, 5.74) is 12.9. The molecule has 1 aliphatic rings. The van der Waals surface area contributed by atoms with Crippen LogP contribution in [0.15, 0.2) is 72.8 Å². The van der Waals surface area contributed by atoms with Crippen LogP contribution in [0, 0.1) is 0 Å². The Morgan fingerprint density at radius 3 is 2.00 bits per heavy atom. The van der Waals surface area contributed by atoms with Crippen molar-refractivity contribution in [2.24, 2.45) is 5.73 Å². The summed E-state index contributed by atoms with van der Waals surface area (Å²) in [6.07, 6.45) is -0.975. The number of hydrogen-bond donors (Lipinski definition) is 3. The van der Waals surface area contributed by atoms with Gasteiger partial charge in [-0.15, -0.1) is 0 Å². The number of amides is 3. The van der Waals surface area contributed by atoms with E-state index in [-0.39, 0.29) is 19.1 Å². The minimum Gasteiger partial charge on any atom is -0.367 e. The average molecular weight is 502 g/mol. The predicted molar refractivity (Wildman–Crippen MR) is 139 cm³/mol. The molecule has 1 atom stereocenters. The lowest BCUT2D eigenvalue weighted by Crippen LogP contribution is -2.40. The van der Waals surface area contributed by atoms with E-state index in [4.69, 9.17) is 15.3 Å². The molecule has 8 nitrogen and oxygen atoms in total. The third kappa shape index (κ3) is 6.22. The zero-order valence-corrected chi connectivity index (χ0v) is 21.1. The number of fused-ring (bicyclic) bond motifs is 3. The zero-order valence-electron chi connectivity index (χ0n) is 21.1. The van der Waals surface area contributed by atoms with Crippen LogP contribution in [0.1, 0.15) is 59.8 Å². The fourth-order valence-electron chi connectivity index (χ4n) is 4.29. The van der Waals surface area contributed by atoms with Crippen LogP contribution in [0.5, 0.6) is 0 Å². The van der Waals surface area contributed by atoms with Crippen molar-refractivity contribution in [3.05, 3.63) is 95.1 Å². The lowest BCUT2D eigenvalue weighted by molar-refractivity contribution is -0.144. The van der Waals surface area contributed by atoms with Gasteiger partial charge < -0.3 is 15.8 Å². The van der Waals surface area contributed by atoms with Gasteiger partial charge in [0.1, 0.15) is 0 Å². The molecular formula is C29H31N3O5. The Balaban J connectivity index is 1.40. The van der Waals surface area contributed by atoms with Crippen molar-refractivity contribution >= 4 is 17.7 Å². The van der Waals surface area contributed by atoms with E-state index in [2.05, 4.69) is 35.1 Å². The standard InChI is InChI=1S/C29H31N3O5/c1-29(2,3)37-32-25(33)16-31-28(35)19-14-12-18(13-15-19)26(27(30)34)36-17-24-22-10-6-4-8-20(22)21-9-5-7-11-23(21)24/h4-15,24,26H,16-17H2,1-3H3,(H2,30,34)(H,31,35)(H,32,33). The number of hydroxylamine groups is 1. The topological polar surface area (TPSA) is 120 Å². The van der Waals surface area contributed by atoms with E-state index in [9.17, 15) is 14.4 Å². The Kier molecular flexibility index (Phi) is 7.71. The normalized spacial score (nSPS) is 13.4. The summed E-state index contributed by atoms with van der Waals surface area (Å²) >= 11 is 0. The average Bonchev–Trinajstić information content (AvgIpc) is 3.20. The molecule has 8 heteroatoms. The Morgan fingerprint density at radius 2 is 1.46 bits per heavy atom. The van der Waals surface area contributed by atoms with E-state index in [0.717, 1.165) is 22.3 Å². The van der Waals surface area contributed by atoms with Gasteiger partial charge in [-0.25, -0.2) is 5.48 Å². The molecule has 192 valence electrons. The highest BCUT2D eigenvalue weighted by Crippen LogP contribution is 2.45. The summed E-state index contributed by atoms with van der Waals surface area (Å²) in [6.45, 7) is 5.41. The molecule has 0 bridgehead atoms. The maximum atomic E-state index is 12.4. The van der Waals surface area contributed by atoms with Crippen LogP contribution in [0.4, 0.5) is 0 Å². The molecule has 0 radical (unpaired) electrons. The summed E-state index contributed by atoms with van der Waals surface area (Å²) in [5, 5.41) is 2.53. The van der Waals surface area contributed by atoms with E-state index in [0.29, 0.717) is 11.1 Å². The predicted octanol–water partition coefficient (Wildman–Crippen LogP) is 3.62. The summed E-state index contributed by atoms with van der Waals surface area (Å²) in [5.74, 6) is -1.55. The summed E-state index contributed by atoms with van der Waals surface area (Å²) in [4.78, 5) is 41.8. The fourth-order valence-corrected chi connectivity index (χ4v) is 4.29. The first-order valence-corrected chi connectivity index (χ1v) is 12.1. The maximum Gasteiger partial charge on any atom is 0.262 e. The zero-order chi connectivity index (χ0) is 26.6. The highest BCUT2D eigenvalue weighted by atomic mass is 16.7. The van der Waals surface area contributed by atoms with Crippen LogP contribution in [-0.2, 0) is 19.2 Å². The first-order valence-electron chi connectivity index (χ1n) is 12.1. The van der Waals surface area contributed by atoms with Crippen molar-refractivity contribution in [2.75, 3.05) is 13.2 Å². The lowest BCUT2D eigenvalue weighted by Gasteiger charge is -2.20. The monoisotopic (exact) mass is 501 g/mol. The van der Waals surface area contributed by atoms with Gasteiger partial charge in [0.15, 0.2) is 6.10 Å². The van der Waals surface area contributed by atoms with Crippen LogP contribution in [0.25, 0.3) is 11.1 Å². The van der Waals surface area contributed by atoms with Gasteiger partial charge in [-0.05, 0) is 60.7 Å².